The van der Waals surface area contributed by atoms with Gasteiger partial charge in [0.15, 0.2) is 0 Å². The lowest BCUT2D eigenvalue weighted by Gasteiger charge is -2.38. The molecule has 1 heterocycles. The van der Waals surface area contributed by atoms with E-state index in [0.29, 0.717) is 52.2 Å². The smallest absolute Gasteiger partial charge is 0.319 e. The normalized spacial score (nSPS) is 19.3. The van der Waals surface area contributed by atoms with Crippen LogP contribution in [-0.4, -0.2) is 130 Å². The third-order valence-corrected chi connectivity index (χ3v) is 4.09. The molecular weight excluding hydrogens is 348 g/mol. The zero-order chi connectivity index (χ0) is 19.5. The molecule has 1 saturated heterocycles. The van der Waals surface area contributed by atoms with Gasteiger partial charge in [0.2, 0.25) is 0 Å². The van der Waals surface area contributed by atoms with Crippen molar-refractivity contribution in [1.29, 1.82) is 0 Å². The van der Waals surface area contributed by atoms with Crippen LogP contribution in [0.4, 0.5) is 0 Å². The van der Waals surface area contributed by atoms with Crippen LogP contribution in [0.15, 0.2) is 0 Å². The quantitative estimate of drug-likeness (QED) is 0.346. The van der Waals surface area contributed by atoms with Gasteiger partial charge in [-0.05, 0) is 6.42 Å². The summed E-state index contributed by atoms with van der Waals surface area (Å²) in [5, 5.41) is 39.8. The van der Waals surface area contributed by atoms with E-state index in [2.05, 4.69) is 0 Å². The number of carboxylic acid groups (broad SMARTS) is 3. The average molecular weight is 376 g/mol. The van der Waals surface area contributed by atoms with E-state index in [1.807, 2.05) is 0 Å². The van der Waals surface area contributed by atoms with Gasteiger partial charge in [0.1, 0.15) is 6.54 Å². The minimum Gasteiger partial charge on any atom is -0.480 e. The first kappa shape index (κ1) is 22.3. The average Bonchev–Trinajstić information content (AvgIpc) is 2.54. The molecule has 0 spiro atoms. The molecule has 26 heavy (non-hydrogen) atoms. The maximum absolute atomic E-state index is 11.2. The summed E-state index contributed by atoms with van der Waals surface area (Å²) in [6, 6.07) is 0. The Morgan fingerprint density at radius 1 is 0.654 bits per heavy atom. The topological polar surface area (TPSA) is 145 Å². The van der Waals surface area contributed by atoms with Crippen molar-refractivity contribution in [3.8, 4) is 0 Å². The summed E-state index contributed by atoms with van der Waals surface area (Å²) in [5.74, 6) is -2.98. The summed E-state index contributed by atoms with van der Waals surface area (Å²) in [7, 11) is 0. The van der Waals surface area contributed by atoms with Crippen molar-refractivity contribution in [3.63, 3.8) is 0 Å². The largest absolute Gasteiger partial charge is 0.480 e. The molecule has 0 aromatic rings. The summed E-state index contributed by atoms with van der Waals surface area (Å²) in [6.07, 6.45) is 0.452. The highest BCUT2D eigenvalue weighted by Gasteiger charge is 2.23. The molecular formula is C15H28N4O7. The second-order valence-electron chi connectivity index (χ2n) is 6.15. The fourth-order valence-corrected chi connectivity index (χ4v) is 2.84. The minimum absolute atomic E-state index is 0.0403. The molecule has 1 fully saturated rings. The molecule has 11 heteroatoms. The van der Waals surface area contributed by atoms with Crippen LogP contribution in [-0.2, 0) is 14.4 Å². The van der Waals surface area contributed by atoms with Gasteiger partial charge >= 0.3 is 17.9 Å². The van der Waals surface area contributed by atoms with Gasteiger partial charge in [-0.1, -0.05) is 0 Å². The number of aliphatic hydroxyl groups is 1. The molecule has 0 radical (unpaired) electrons. The van der Waals surface area contributed by atoms with Gasteiger partial charge in [0.05, 0.1) is 13.1 Å². The number of hydrazine groups is 1. The molecule has 1 rings (SSSR count). The van der Waals surface area contributed by atoms with Gasteiger partial charge in [-0.25, -0.2) is 10.0 Å². The van der Waals surface area contributed by atoms with E-state index in [-0.39, 0.29) is 26.2 Å². The number of hydrogen-bond donors (Lipinski definition) is 4. The highest BCUT2D eigenvalue weighted by molar-refractivity contribution is 5.69. The standard InChI is InChI=1S/C15H28N4O7/c20-9-1-2-18-7-5-16(10-13(21)22)3-4-17(11-14(23)24)6-8-19(18)12-15(25)26/h20H,1-12H2,(H,21,22)(H,23,24)(H,25,26). The van der Waals surface area contributed by atoms with Crippen LogP contribution >= 0.6 is 0 Å². The van der Waals surface area contributed by atoms with Gasteiger partial charge in [-0.15, -0.1) is 0 Å². The highest BCUT2D eigenvalue weighted by Crippen LogP contribution is 2.05. The maximum atomic E-state index is 11.2. The molecule has 1 aliphatic rings. The lowest BCUT2D eigenvalue weighted by molar-refractivity contribution is -0.146. The van der Waals surface area contributed by atoms with Crippen molar-refractivity contribution >= 4 is 17.9 Å². The van der Waals surface area contributed by atoms with Gasteiger partial charge in [-0.3, -0.25) is 24.2 Å². The molecule has 4 N–H and O–H groups in total. The molecule has 0 aliphatic carbocycles. The number of aliphatic carboxylic acids is 3. The molecule has 0 aromatic heterocycles. The number of aliphatic hydroxyl groups excluding tert-OH is 1. The maximum Gasteiger partial charge on any atom is 0.319 e. The van der Waals surface area contributed by atoms with E-state index in [1.54, 1.807) is 19.8 Å². The second kappa shape index (κ2) is 11.8. The van der Waals surface area contributed by atoms with E-state index in [1.165, 1.54) is 0 Å². The van der Waals surface area contributed by atoms with Gasteiger partial charge in [-0.2, -0.15) is 0 Å². The monoisotopic (exact) mass is 376 g/mol. The van der Waals surface area contributed by atoms with Gasteiger partial charge in [0.25, 0.3) is 0 Å². The van der Waals surface area contributed by atoms with Crippen molar-refractivity contribution in [2.45, 2.75) is 6.42 Å². The second-order valence-corrected chi connectivity index (χ2v) is 6.15. The van der Waals surface area contributed by atoms with Crippen molar-refractivity contribution < 1.29 is 34.8 Å². The van der Waals surface area contributed by atoms with Crippen molar-refractivity contribution in [3.05, 3.63) is 0 Å². The van der Waals surface area contributed by atoms with Crippen LogP contribution in [0.5, 0.6) is 0 Å². The van der Waals surface area contributed by atoms with Crippen molar-refractivity contribution in [1.82, 2.24) is 19.8 Å². The fourth-order valence-electron chi connectivity index (χ4n) is 2.84. The highest BCUT2D eigenvalue weighted by atomic mass is 16.4. The predicted molar refractivity (Wildman–Crippen MR) is 90.6 cm³/mol. The SMILES string of the molecule is O=C(O)CN1CCN(CC(=O)O)CCN(CC(=O)O)N(CCCO)CC1. The number of nitrogens with zero attached hydrogens (tertiary/aromatic N) is 4. The molecule has 1 aliphatic heterocycles. The summed E-state index contributed by atoms with van der Waals surface area (Å²) in [4.78, 5) is 36.7. The Labute approximate surface area is 152 Å². The first-order valence-corrected chi connectivity index (χ1v) is 8.52. The van der Waals surface area contributed by atoms with Crippen molar-refractivity contribution in [2.24, 2.45) is 0 Å². The number of carbonyl (C=O) groups is 3. The summed E-state index contributed by atoms with van der Waals surface area (Å²) in [6.45, 7) is 2.08. The van der Waals surface area contributed by atoms with Crippen molar-refractivity contribution in [2.75, 3.05) is 72.1 Å². The Bertz CT molecular complexity index is 477. The molecule has 0 amide bonds. The Morgan fingerprint density at radius 2 is 1.08 bits per heavy atom. The van der Waals surface area contributed by atoms with Gasteiger partial charge < -0.3 is 20.4 Å². The molecule has 0 atom stereocenters. The number of rotatable bonds is 9. The van der Waals surface area contributed by atoms with Crippen LogP contribution < -0.4 is 0 Å². The summed E-state index contributed by atoms with van der Waals surface area (Å²) in [5.41, 5.74) is 0. The first-order chi connectivity index (χ1) is 12.3. The van der Waals surface area contributed by atoms with E-state index >= 15 is 0 Å². The molecule has 0 saturated carbocycles. The number of carboxylic acids is 3. The molecule has 11 nitrogen and oxygen atoms in total. The predicted octanol–water partition coefficient (Wildman–Crippen LogP) is -2.24. The molecule has 0 bridgehead atoms. The van der Waals surface area contributed by atoms with E-state index in [0.717, 1.165) is 0 Å². The fraction of sp³-hybridized carbons (Fsp3) is 0.800. The van der Waals surface area contributed by atoms with Gasteiger partial charge in [0, 0.05) is 52.4 Å². The Balaban J connectivity index is 2.92. The zero-order valence-corrected chi connectivity index (χ0v) is 14.8. The minimum atomic E-state index is -1.01. The van der Waals surface area contributed by atoms with Crippen LogP contribution in [0.3, 0.4) is 0 Å². The number of hydrogen-bond acceptors (Lipinski definition) is 8. The zero-order valence-electron chi connectivity index (χ0n) is 14.8. The van der Waals surface area contributed by atoms with E-state index in [4.69, 9.17) is 20.4 Å². The Morgan fingerprint density at radius 3 is 1.50 bits per heavy atom. The van der Waals surface area contributed by atoms with Crippen LogP contribution in [0.1, 0.15) is 6.42 Å². The molecule has 0 aromatic carbocycles. The Kier molecular flexibility index (Phi) is 10.1. The lowest BCUT2D eigenvalue weighted by Crippen LogP contribution is -2.54. The van der Waals surface area contributed by atoms with E-state index in [9.17, 15) is 14.4 Å². The van der Waals surface area contributed by atoms with Crippen LogP contribution in [0.2, 0.25) is 0 Å². The Hall–Kier alpha value is -1.79. The lowest BCUT2D eigenvalue weighted by atomic mass is 10.3. The van der Waals surface area contributed by atoms with Crippen LogP contribution in [0.25, 0.3) is 0 Å². The molecule has 150 valence electrons. The third-order valence-electron chi connectivity index (χ3n) is 4.09. The summed E-state index contributed by atoms with van der Waals surface area (Å²) < 4.78 is 0. The van der Waals surface area contributed by atoms with Crippen LogP contribution in [0, 0.1) is 0 Å². The summed E-state index contributed by atoms with van der Waals surface area (Å²) >= 11 is 0. The molecule has 0 unspecified atom stereocenters. The first-order valence-electron chi connectivity index (χ1n) is 8.52. The third kappa shape index (κ3) is 9.06. The van der Waals surface area contributed by atoms with E-state index < -0.39 is 17.9 Å².